The molecule has 0 bridgehead atoms. The number of carbonyl (C=O) groups excluding carboxylic acids is 1. The maximum absolute atomic E-state index is 13.1. The zero-order valence-corrected chi connectivity index (χ0v) is 13.0. The Hall–Kier alpha value is -2.21. The molecular formula is C16H15ClFN3O2. The summed E-state index contributed by atoms with van der Waals surface area (Å²) in [5.74, 6) is -0.690. The van der Waals surface area contributed by atoms with E-state index in [-0.39, 0.29) is 17.0 Å². The second kappa shape index (κ2) is 6.91. The van der Waals surface area contributed by atoms with E-state index in [1.54, 1.807) is 23.4 Å². The number of hydrogen-bond acceptors (Lipinski definition) is 4. The first-order valence-electron chi connectivity index (χ1n) is 7.31. The van der Waals surface area contributed by atoms with Crippen molar-refractivity contribution in [2.75, 3.05) is 13.1 Å². The average Bonchev–Trinajstić information content (AvgIpc) is 2.55. The van der Waals surface area contributed by atoms with E-state index < -0.39 is 5.82 Å². The molecule has 120 valence electrons. The number of ether oxygens (including phenoxy) is 1. The summed E-state index contributed by atoms with van der Waals surface area (Å²) < 4.78 is 18.8. The summed E-state index contributed by atoms with van der Waals surface area (Å²) in [6.45, 7) is 1.03. The molecule has 1 aliphatic heterocycles. The number of nitrogens with zero attached hydrogens (tertiary/aromatic N) is 3. The Labute approximate surface area is 138 Å². The van der Waals surface area contributed by atoms with Gasteiger partial charge in [-0.3, -0.25) is 4.79 Å². The van der Waals surface area contributed by atoms with Crippen molar-refractivity contribution in [3.63, 3.8) is 0 Å². The lowest BCUT2D eigenvalue weighted by molar-refractivity contribution is 0.0516. The number of hydrogen-bond donors (Lipinski definition) is 0. The fourth-order valence-corrected chi connectivity index (χ4v) is 2.80. The summed E-state index contributed by atoms with van der Waals surface area (Å²) in [6, 6.07) is 5.79. The molecule has 1 saturated heterocycles. The number of carbonyl (C=O) groups is 1. The number of halogens is 2. The van der Waals surface area contributed by atoms with Crippen LogP contribution in [0.25, 0.3) is 0 Å². The lowest BCUT2D eigenvalue weighted by Gasteiger charge is -2.32. The highest BCUT2D eigenvalue weighted by atomic mass is 35.5. The highest BCUT2D eigenvalue weighted by Gasteiger charge is 2.27. The molecule has 7 heteroatoms. The molecule has 1 aromatic heterocycles. The minimum absolute atomic E-state index is 0.115. The van der Waals surface area contributed by atoms with Crippen LogP contribution in [0, 0.1) is 5.82 Å². The second-order valence-corrected chi connectivity index (χ2v) is 5.70. The van der Waals surface area contributed by atoms with Crippen molar-refractivity contribution in [1.29, 1.82) is 0 Å². The Kier molecular flexibility index (Phi) is 4.71. The van der Waals surface area contributed by atoms with E-state index >= 15 is 0 Å². The molecule has 1 aromatic carbocycles. The summed E-state index contributed by atoms with van der Waals surface area (Å²) in [5, 5.41) is 0.115. The first-order chi connectivity index (χ1) is 11.1. The van der Waals surface area contributed by atoms with Gasteiger partial charge in [-0.2, -0.15) is 0 Å². The fraction of sp³-hybridized carbons (Fsp3) is 0.312. The second-order valence-electron chi connectivity index (χ2n) is 5.29. The van der Waals surface area contributed by atoms with Crippen LogP contribution in [-0.2, 0) is 0 Å². The molecule has 2 aromatic rings. The van der Waals surface area contributed by atoms with Crippen LogP contribution in [-0.4, -0.2) is 40.0 Å². The number of rotatable bonds is 3. The summed E-state index contributed by atoms with van der Waals surface area (Å²) >= 11 is 5.97. The van der Waals surface area contributed by atoms with Crippen molar-refractivity contribution in [2.45, 2.75) is 18.9 Å². The number of piperidine rings is 1. The molecule has 5 nitrogen and oxygen atoms in total. The zero-order chi connectivity index (χ0) is 16.2. The standard InChI is InChI=1S/C16H15ClFN3O2/c17-14-9-11(18)4-5-13(14)15(22)21-8-1-3-12(10-21)23-16-19-6-2-7-20-16/h2,4-7,9,12H,1,3,8,10H2. The number of likely N-dealkylation sites (tertiary alicyclic amines) is 1. The van der Waals surface area contributed by atoms with Gasteiger partial charge in [0.05, 0.1) is 17.1 Å². The van der Waals surface area contributed by atoms with Crippen molar-refractivity contribution in [3.8, 4) is 6.01 Å². The third-order valence-electron chi connectivity index (χ3n) is 3.64. The Morgan fingerprint density at radius 2 is 2.13 bits per heavy atom. The highest BCUT2D eigenvalue weighted by molar-refractivity contribution is 6.33. The maximum atomic E-state index is 13.1. The van der Waals surface area contributed by atoms with Gasteiger partial charge in [0, 0.05) is 18.9 Å². The predicted molar refractivity (Wildman–Crippen MR) is 83.0 cm³/mol. The van der Waals surface area contributed by atoms with Crippen molar-refractivity contribution in [3.05, 3.63) is 53.1 Å². The van der Waals surface area contributed by atoms with Gasteiger partial charge in [-0.25, -0.2) is 14.4 Å². The number of benzene rings is 1. The van der Waals surface area contributed by atoms with E-state index in [0.29, 0.717) is 24.7 Å². The van der Waals surface area contributed by atoms with Crippen LogP contribution < -0.4 is 4.74 Å². The van der Waals surface area contributed by atoms with Gasteiger partial charge in [-0.1, -0.05) is 11.6 Å². The van der Waals surface area contributed by atoms with Crippen molar-refractivity contribution < 1.29 is 13.9 Å². The van der Waals surface area contributed by atoms with Gasteiger partial charge in [-0.15, -0.1) is 0 Å². The van der Waals surface area contributed by atoms with E-state index in [1.165, 1.54) is 12.1 Å². The summed E-state index contributed by atoms with van der Waals surface area (Å²) in [6.07, 6.45) is 4.66. The molecule has 0 saturated carbocycles. The third kappa shape index (κ3) is 3.76. The van der Waals surface area contributed by atoms with E-state index in [9.17, 15) is 9.18 Å². The summed E-state index contributed by atoms with van der Waals surface area (Å²) in [4.78, 5) is 22.3. The Bertz CT molecular complexity index is 699. The van der Waals surface area contributed by atoms with Crippen LogP contribution in [0.15, 0.2) is 36.7 Å². The number of amides is 1. The van der Waals surface area contributed by atoms with Gasteiger partial charge in [0.2, 0.25) is 0 Å². The SMILES string of the molecule is O=C(c1ccc(F)cc1Cl)N1CCCC(Oc2ncccn2)C1. The molecule has 1 amide bonds. The topological polar surface area (TPSA) is 55.3 Å². The summed E-state index contributed by atoms with van der Waals surface area (Å²) in [5.41, 5.74) is 0.296. The first kappa shape index (κ1) is 15.7. The molecule has 0 aliphatic carbocycles. The lowest BCUT2D eigenvalue weighted by Crippen LogP contribution is -2.44. The molecule has 0 N–H and O–H groups in total. The molecular weight excluding hydrogens is 321 g/mol. The average molecular weight is 336 g/mol. The molecule has 1 aliphatic rings. The van der Waals surface area contributed by atoms with Crippen LogP contribution >= 0.6 is 11.6 Å². The molecule has 0 radical (unpaired) electrons. The van der Waals surface area contributed by atoms with Crippen molar-refractivity contribution >= 4 is 17.5 Å². The van der Waals surface area contributed by atoms with Gasteiger partial charge < -0.3 is 9.64 Å². The van der Waals surface area contributed by atoms with Crippen LogP contribution in [0.5, 0.6) is 6.01 Å². The van der Waals surface area contributed by atoms with Gasteiger partial charge in [0.1, 0.15) is 11.9 Å². The Balaban J connectivity index is 1.69. The van der Waals surface area contributed by atoms with Gasteiger partial charge in [0.25, 0.3) is 5.91 Å². The van der Waals surface area contributed by atoms with E-state index in [2.05, 4.69) is 9.97 Å². The normalized spacial score (nSPS) is 17.8. The van der Waals surface area contributed by atoms with Gasteiger partial charge in [-0.05, 0) is 37.1 Å². The minimum atomic E-state index is -0.465. The monoisotopic (exact) mass is 335 g/mol. The minimum Gasteiger partial charge on any atom is -0.458 e. The third-order valence-corrected chi connectivity index (χ3v) is 3.95. The molecule has 2 heterocycles. The predicted octanol–water partition coefficient (Wildman–Crippen LogP) is 2.95. The largest absolute Gasteiger partial charge is 0.458 e. The maximum Gasteiger partial charge on any atom is 0.316 e. The fourth-order valence-electron chi connectivity index (χ4n) is 2.55. The van der Waals surface area contributed by atoms with Crippen LogP contribution in [0.3, 0.4) is 0 Å². The van der Waals surface area contributed by atoms with Crippen molar-refractivity contribution in [1.82, 2.24) is 14.9 Å². The molecule has 3 rings (SSSR count). The highest BCUT2D eigenvalue weighted by Crippen LogP contribution is 2.22. The lowest BCUT2D eigenvalue weighted by atomic mass is 10.1. The molecule has 1 unspecified atom stereocenters. The molecule has 1 atom stereocenters. The van der Waals surface area contributed by atoms with Crippen molar-refractivity contribution in [2.24, 2.45) is 0 Å². The van der Waals surface area contributed by atoms with Crippen LogP contribution in [0.2, 0.25) is 5.02 Å². The Morgan fingerprint density at radius 1 is 1.35 bits per heavy atom. The quantitative estimate of drug-likeness (QED) is 0.865. The van der Waals surface area contributed by atoms with Gasteiger partial charge in [0.15, 0.2) is 0 Å². The summed E-state index contributed by atoms with van der Waals surface area (Å²) in [7, 11) is 0. The smallest absolute Gasteiger partial charge is 0.316 e. The van der Waals surface area contributed by atoms with E-state index in [4.69, 9.17) is 16.3 Å². The van der Waals surface area contributed by atoms with Crippen LogP contribution in [0.4, 0.5) is 4.39 Å². The Morgan fingerprint density at radius 3 is 2.87 bits per heavy atom. The number of aromatic nitrogens is 2. The first-order valence-corrected chi connectivity index (χ1v) is 7.69. The molecule has 0 spiro atoms. The van der Waals surface area contributed by atoms with E-state index in [0.717, 1.165) is 18.9 Å². The molecule has 23 heavy (non-hydrogen) atoms. The zero-order valence-electron chi connectivity index (χ0n) is 12.3. The van der Waals surface area contributed by atoms with Gasteiger partial charge >= 0.3 is 6.01 Å². The van der Waals surface area contributed by atoms with Crippen LogP contribution in [0.1, 0.15) is 23.2 Å². The molecule has 1 fully saturated rings. The van der Waals surface area contributed by atoms with E-state index in [1.807, 2.05) is 0 Å².